The summed E-state index contributed by atoms with van der Waals surface area (Å²) in [5, 5.41) is 8.52. The zero-order valence-corrected chi connectivity index (χ0v) is 11.5. The number of aromatic nitrogens is 1. The van der Waals surface area contributed by atoms with Crippen LogP contribution in [0.1, 0.15) is 19.4 Å². The lowest BCUT2D eigenvalue weighted by Gasteiger charge is -2.15. The van der Waals surface area contributed by atoms with Crippen LogP contribution in [0.2, 0.25) is 0 Å². The van der Waals surface area contributed by atoms with Crippen LogP contribution < -0.4 is 0 Å². The first-order chi connectivity index (χ1) is 7.33. The van der Waals surface area contributed by atoms with Gasteiger partial charge in [0.2, 0.25) is 0 Å². The molecule has 1 aromatic heterocycles. The van der Waals surface area contributed by atoms with Gasteiger partial charge < -0.3 is 5.11 Å². The molecule has 0 amide bonds. The number of hydrogen-bond acceptors (Lipinski definition) is 4. The molecule has 2 unspecified atom stereocenters. The summed E-state index contributed by atoms with van der Waals surface area (Å²) < 4.78 is 24.3. The van der Waals surface area contributed by atoms with E-state index in [0.717, 1.165) is 0 Å². The number of hydrogen-bond donors (Lipinski definition) is 1. The fraction of sp³-hybridized carbons (Fsp3) is 0.500. The lowest BCUT2D eigenvalue weighted by atomic mass is 10.3. The molecule has 0 aliphatic rings. The third-order valence-corrected chi connectivity index (χ3v) is 5.10. The molecule has 2 atom stereocenters. The molecule has 0 bridgehead atoms. The second-order valence-electron chi connectivity index (χ2n) is 3.74. The molecule has 16 heavy (non-hydrogen) atoms. The van der Waals surface area contributed by atoms with E-state index in [1.54, 1.807) is 18.3 Å². The Kier molecular flexibility index (Phi) is 4.46. The Balaban J connectivity index is 2.89. The highest BCUT2D eigenvalue weighted by atomic mass is 79.9. The van der Waals surface area contributed by atoms with Gasteiger partial charge >= 0.3 is 0 Å². The van der Waals surface area contributed by atoms with Gasteiger partial charge in [-0.25, -0.2) is 13.4 Å². The van der Waals surface area contributed by atoms with E-state index in [2.05, 4.69) is 20.9 Å². The van der Waals surface area contributed by atoms with Crippen LogP contribution in [0.4, 0.5) is 0 Å². The van der Waals surface area contributed by atoms with Crippen LogP contribution in [0.5, 0.6) is 0 Å². The molecule has 1 N–H and O–H groups in total. The Hall–Kier alpha value is -0.460. The fourth-order valence-electron chi connectivity index (χ4n) is 1.20. The van der Waals surface area contributed by atoms with E-state index < -0.39 is 21.2 Å². The Bertz CT molecular complexity index is 459. The molecular weight excluding hydrogens is 294 g/mol. The molecule has 0 aliphatic heterocycles. The van der Waals surface area contributed by atoms with E-state index in [9.17, 15) is 13.5 Å². The highest BCUT2D eigenvalue weighted by molar-refractivity contribution is 9.10. The number of aliphatic hydroxyl groups excluding tert-OH is 1. The standard InChI is InChI=1S/C10H14BrNO3S/c1-7(13)8(2)16(14,15)6-9-3-4-12-10(11)5-9/h3-5,7-8,13H,6H2,1-2H3. The van der Waals surface area contributed by atoms with E-state index in [0.29, 0.717) is 10.2 Å². The Morgan fingerprint density at radius 2 is 2.12 bits per heavy atom. The molecule has 1 heterocycles. The summed E-state index contributed by atoms with van der Waals surface area (Å²) >= 11 is 3.18. The monoisotopic (exact) mass is 307 g/mol. The zero-order chi connectivity index (χ0) is 12.3. The number of pyridine rings is 1. The third-order valence-electron chi connectivity index (χ3n) is 2.40. The van der Waals surface area contributed by atoms with Crippen LogP contribution in [0.3, 0.4) is 0 Å². The maximum Gasteiger partial charge on any atom is 0.159 e. The van der Waals surface area contributed by atoms with Gasteiger partial charge in [-0.15, -0.1) is 0 Å². The highest BCUT2D eigenvalue weighted by Crippen LogP contribution is 2.15. The van der Waals surface area contributed by atoms with Gasteiger partial charge in [0, 0.05) is 6.20 Å². The van der Waals surface area contributed by atoms with Crippen molar-refractivity contribution in [1.82, 2.24) is 4.98 Å². The van der Waals surface area contributed by atoms with E-state index in [1.165, 1.54) is 13.8 Å². The predicted molar refractivity (Wildman–Crippen MR) is 65.7 cm³/mol. The Morgan fingerprint density at radius 3 is 2.62 bits per heavy atom. The average Bonchev–Trinajstić information content (AvgIpc) is 2.15. The highest BCUT2D eigenvalue weighted by Gasteiger charge is 2.25. The van der Waals surface area contributed by atoms with E-state index in [1.807, 2.05) is 0 Å². The molecule has 90 valence electrons. The van der Waals surface area contributed by atoms with Crippen molar-refractivity contribution in [3.05, 3.63) is 28.5 Å². The number of sulfone groups is 1. The van der Waals surface area contributed by atoms with Crippen LogP contribution in [-0.2, 0) is 15.6 Å². The summed E-state index contributed by atoms with van der Waals surface area (Å²) in [4.78, 5) is 3.92. The van der Waals surface area contributed by atoms with Crippen LogP contribution in [0, 0.1) is 0 Å². The van der Waals surface area contributed by atoms with Gasteiger partial charge in [-0.05, 0) is 47.5 Å². The molecule has 0 spiro atoms. The first-order valence-electron chi connectivity index (χ1n) is 4.83. The second kappa shape index (κ2) is 5.25. The van der Waals surface area contributed by atoms with Gasteiger partial charge in [-0.3, -0.25) is 0 Å². The maximum atomic E-state index is 11.9. The Morgan fingerprint density at radius 1 is 1.50 bits per heavy atom. The minimum absolute atomic E-state index is 0.0831. The summed E-state index contributed by atoms with van der Waals surface area (Å²) in [5.74, 6) is -0.0831. The summed E-state index contributed by atoms with van der Waals surface area (Å²) in [6.45, 7) is 2.99. The van der Waals surface area contributed by atoms with Crippen molar-refractivity contribution in [2.24, 2.45) is 0 Å². The number of aliphatic hydroxyl groups is 1. The molecule has 0 fully saturated rings. The quantitative estimate of drug-likeness (QED) is 0.857. The van der Waals surface area contributed by atoms with Crippen molar-refractivity contribution >= 4 is 25.8 Å². The van der Waals surface area contributed by atoms with Gasteiger partial charge in [0.25, 0.3) is 0 Å². The van der Waals surface area contributed by atoms with Crippen molar-refractivity contribution in [3.8, 4) is 0 Å². The third kappa shape index (κ3) is 3.54. The molecule has 1 rings (SSSR count). The Labute approximate surface area is 104 Å². The van der Waals surface area contributed by atoms with Crippen LogP contribution in [-0.4, -0.2) is 29.9 Å². The van der Waals surface area contributed by atoms with Gasteiger partial charge in [-0.2, -0.15) is 0 Å². The van der Waals surface area contributed by atoms with Gasteiger partial charge in [-0.1, -0.05) is 0 Å². The molecule has 1 aromatic rings. The minimum atomic E-state index is -3.33. The molecule has 0 saturated heterocycles. The van der Waals surface area contributed by atoms with Crippen LogP contribution in [0.25, 0.3) is 0 Å². The fourth-order valence-corrected chi connectivity index (χ4v) is 3.12. The van der Waals surface area contributed by atoms with E-state index in [-0.39, 0.29) is 5.75 Å². The summed E-state index contributed by atoms with van der Waals surface area (Å²) in [5.41, 5.74) is 0.661. The van der Waals surface area contributed by atoms with Crippen molar-refractivity contribution in [1.29, 1.82) is 0 Å². The average molecular weight is 308 g/mol. The largest absolute Gasteiger partial charge is 0.392 e. The molecule has 0 saturated carbocycles. The summed E-state index contributed by atoms with van der Waals surface area (Å²) in [7, 11) is -3.33. The number of nitrogens with zero attached hydrogens (tertiary/aromatic N) is 1. The number of halogens is 1. The van der Waals surface area contributed by atoms with Gasteiger partial charge in [0.05, 0.1) is 17.1 Å². The molecule has 0 aliphatic carbocycles. The molecular formula is C10H14BrNO3S. The van der Waals surface area contributed by atoms with E-state index in [4.69, 9.17) is 0 Å². The molecule has 0 aromatic carbocycles. The summed E-state index contributed by atoms with van der Waals surface area (Å²) in [6.07, 6.45) is 0.678. The van der Waals surface area contributed by atoms with Crippen molar-refractivity contribution in [2.45, 2.75) is 31.0 Å². The lowest BCUT2D eigenvalue weighted by Crippen LogP contribution is -2.30. The van der Waals surface area contributed by atoms with E-state index >= 15 is 0 Å². The smallest absolute Gasteiger partial charge is 0.159 e. The first kappa shape index (κ1) is 13.6. The molecule has 0 radical (unpaired) electrons. The lowest BCUT2D eigenvalue weighted by molar-refractivity contribution is 0.193. The van der Waals surface area contributed by atoms with Gasteiger partial charge in [0.15, 0.2) is 9.84 Å². The minimum Gasteiger partial charge on any atom is -0.392 e. The van der Waals surface area contributed by atoms with Crippen molar-refractivity contribution in [2.75, 3.05) is 0 Å². The second-order valence-corrected chi connectivity index (χ2v) is 6.91. The first-order valence-corrected chi connectivity index (χ1v) is 7.34. The van der Waals surface area contributed by atoms with Crippen LogP contribution in [0.15, 0.2) is 22.9 Å². The zero-order valence-electron chi connectivity index (χ0n) is 9.09. The van der Waals surface area contributed by atoms with Gasteiger partial charge in [0.1, 0.15) is 4.60 Å². The van der Waals surface area contributed by atoms with Crippen molar-refractivity contribution in [3.63, 3.8) is 0 Å². The normalized spacial score (nSPS) is 15.8. The SMILES string of the molecule is CC(O)C(C)S(=O)(=O)Cc1ccnc(Br)c1. The molecule has 6 heteroatoms. The topological polar surface area (TPSA) is 67.3 Å². The van der Waals surface area contributed by atoms with Crippen LogP contribution >= 0.6 is 15.9 Å². The predicted octanol–water partition coefficient (Wildman–Crippen LogP) is 1.53. The maximum absolute atomic E-state index is 11.9. The number of rotatable bonds is 4. The summed E-state index contributed by atoms with van der Waals surface area (Å²) in [6, 6.07) is 3.31. The molecule has 4 nitrogen and oxygen atoms in total. The van der Waals surface area contributed by atoms with Crippen molar-refractivity contribution < 1.29 is 13.5 Å².